The van der Waals surface area contributed by atoms with E-state index >= 15 is 0 Å². The van der Waals surface area contributed by atoms with Crippen molar-refractivity contribution < 1.29 is 0 Å². The molecule has 5 nitrogen and oxygen atoms in total. The summed E-state index contributed by atoms with van der Waals surface area (Å²) in [4.78, 5) is 8.00. The number of hydrogen-bond acceptors (Lipinski definition) is 3. The van der Waals surface area contributed by atoms with E-state index in [2.05, 4.69) is 38.7 Å². The van der Waals surface area contributed by atoms with Crippen molar-refractivity contribution in [1.29, 1.82) is 0 Å². The van der Waals surface area contributed by atoms with Gasteiger partial charge in [-0.1, -0.05) is 54.1 Å². The van der Waals surface area contributed by atoms with Crippen LogP contribution >= 0.6 is 36.4 Å². The maximum absolute atomic E-state index is 6.17. The second kappa shape index (κ2) is 9.88. The number of aromatic nitrogens is 4. The lowest BCUT2D eigenvalue weighted by molar-refractivity contribution is 1.10. The molecular weight excluding hydrogens is 453 g/mol. The van der Waals surface area contributed by atoms with Gasteiger partial charge < -0.3 is 10.3 Å². The van der Waals surface area contributed by atoms with Crippen LogP contribution in [0, 0.1) is 0 Å². The van der Waals surface area contributed by atoms with Gasteiger partial charge in [0.2, 0.25) is 0 Å². The van der Waals surface area contributed by atoms with Crippen molar-refractivity contribution in [1.82, 2.24) is 20.2 Å². The van der Waals surface area contributed by atoms with Crippen LogP contribution in [0.3, 0.4) is 0 Å². The number of fused-ring (bicyclic) bond motifs is 1. The first-order valence-electron chi connectivity index (χ1n) is 9.33. The van der Waals surface area contributed by atoms with Crippen LogP contribution in [0.5, 0.6) is 0 Å². The number of aromatic amines is 2. The van der Waals surface area contributed by atoms with Crippen LogP contribution in [-0.4, -0.2) is 20.2 Å². The van der Waals surface area contributed by atoms with Crippen molar-refractivity contribution in [2.45, 2.75) is 6.54 Å². The number of rotatable bonds is 5. The molecule has 0 aliphatic heterocycles. The second-order valence-corrected chi connectivity index (χ2v) is 7.24. The van der Waals surface area contributed by atoms with E-state index in [4.69, 9.17) is 16.6 Å². The molecule has 0 aliphatic carbocycles. The lowest BCUT2D eigenvalue weighted by Gasteiger charge is -2.06. The average Bonchev–Trinajstić information content (AvgIpc) is 3.39. The van der Waals surface area contributed by atoms with Gasteiger partial charge >= 0.3 is 0 Å². The Morgan fingerprint density at radius 2 is 1.74 bits per heavy atom. The van der Waals surface area contributed by atoms with Crippen LogP contribution in [0.2, 0.25) is 5.02 Å². The van der Waals surface area contributed by atoms with Gasteiger partial charge in [-0.05, 0) is 35.4 Å². The van der Waals surface area contributed by atoms with Crippen LogP contribution in [0.4, 0.5) is 5.82 Å². The Morgan fingerprint density at radius 1 is 0.903 bits per heavy atom. The molecule has 158 valence electrons. The van der Waals surface area contributed by atoms with Crippen molar-refractivity contribution in [2.75, 3.05) is 5.32 Å². The summed E-state index contributed by atoms with van der Waals surface area (Å²) < 4.78 is 0. The number of nitrogens with zero attached hydrogens (tertiary/aromatic N) is 2. The minimum absolute atomic E-state index is 0. The maximum Gasteiger partial charge on any atom is 0.140 e. The average molecular weight is 473 g/mol. The topological polar surface area (TPSA) is 69.4 Å². The highest BCUT2D eigenvalue weighted by Gasteiger charge is 2.15. The number of halogens is 3. The Morgan fingerprint density at radius 3 is 2.55 bits per heavy atom. The third kappa shape index (κ3) is 4.69. The highest BCUT2D eigenvalue weighted by Crippen LogP contribution is 2.35. The van der Waals surface area contributed by atoms with E-state index in [1.165, 1.54) is 5.56 Å². The van der Waals surface area contributed by atoms with E-state index in [1.54, 1.807) is 0 Å². The molecule has 0 fully saturated rings. The fourth-order valence-corrected chi connectivity index (χ4v) is 3.66. The summed E-state index contributed by atoms with van der Waals surface area (Å²) in [5.74, 6) is 0.828. The van der Waals surface area contributed by atoms with Crippen molar-refractivity contribution >= 4 is 53.3 Å². The lowest BCUT2D eigenvalue weighted by Crippen LogP contribution is -2.00. The molecule has 0 radical (unpaired) electrons. The van der Waals surface area contributed by atoms with Gasteiger partial charge in [-0.15, -0.1) is 24.8 Å². The van der Waals surface area contributed by atoms with Crippen molar-refractivity contribution in [3.8, 4) is 22.4 Å². The summed E-state index contributed by atoms with van der Waals surface area (Å²) in [6.45, 7) is 0.729. The van der Waals surface area contributed by atoms with Crippen molar-refractivity contribution in [3.63, 3.8) is 0 Å². The quantitative estimate of drug-likeness (QED) is 0.266. The van der Waals surface area contributed by atoms with E-state index in [0.717, 1.165) is 45.8 Å². The minimum Gasteiger partial charge on any atom is -0.366 e. The van der Waals surface area contributed by atoms with E-state index in [0.29, 0.717) is 5.02 Å². The maximum atomic E-state index is 6.17. The van der Waals surface area contributed by atoms with Crippen molar-refractivity contribution in [2.24, 2.45) is 0 Å². The summed E-state index contributed by atoms with van der Waals surface area (Å²) in [7, 11) is 0. The SMILES string of the molecule is Cl.Cl.Clc1cccc(-c2cn[nH]c2-c2c[nH]c3nc(NCc4ccccc4)ccc23)c1. The van der Waals surface area contributed by atoms with Crippen LogP contribution in [0.15, 0.2) is 79.1 Å². The van der Waals surface area contributed by atoms with E-state index in [1.807, 2.05) is 60.9 Å². The highest BCUT2D eigenvalue weighted by atomic mass is 35.5. The number of H-pyrrole nitrogens is 2. The Hall–Kier alpha value is -2.99. The highest BCUT2D eigenvalue weighted by molar-refractivity contribution is 6.30. The first-order valence-corrected chi connectivity index (χ1v) is 9.71. The first-order chi connectivity index (χ1) is 14.3. The molecule has 0 saturated carbocycles. The van der Waals surface area contributed by atoms with Gasteiger partial charge in [0.05, 0.1) is 11.9 Å². The molecule has 2 aromatic carbocycles. The first kappa shape index (κ1) is 22.7. The second-order valence-electron chi connectivity index (χ2n) is 6.80. The zero-order chi connectivity index (χ0) is 19.6. The molecule has 3 N–H and O–H groups in total. The van der Waals surface area contributed by atoms with Crippen LogP contribution in [-0.2, 0) is 6.54 Å². The molecular formula is C23H20Cl3N5. The number of nitrogens with one attached hydrogen (secondary N) is 3. The largest absolute Gasteiger partial charge is 0.366 e. The van der Waals surface area contributed by atoms with Gasteiger partial charge in [-0.25, -0.2) is 4.98 Å². The van der Waals surface area contributed by atoms with Gasteiger partial charge in [-0.2, -0.15) is 5.10 Å². The molecule has 5 rings (SSSR count). The monoisotopic (exact) mass is 471 g/mol. The molecule has 0 aliphatic rings. The Kier molecular flexibility index (Phi) is 7.23. The van der Waals surface area contributed by atoms with Crippen LogP contribution in [0.25, 0.3) is 33.4 Å². The molecule has 3 aromatic heterocycles. The molecule has 31 heavy (non-hydrogen) atoms. The van der Waals surface area contributed by atoms with Gasteiger partial charge in [0.25, 0.3) is 0 Å². The third-order valence-corrected chi connectivity index (χ3v) is 5.13. The fourth-order valence-electron chi connectivity index (χ4n) is 3.46. The zero-order valence-electron chi connectivity index (χ0n) is 16.3. The van der Waals surface area contributed by atoms with Gasteiger partial charge in [0, 0.05) is 34.3 Å². The lowest BCUT2D eigenvalue weighted by atomic mass is 10.0. The van der Waals surface area contributed by atoms with E-state index in [9.17, 15) is 0 Å². The predicted molar refractivity (Wildman–Crippen MR) is 132 cm³/mol. The summed E-state index contributed by atoms with van der Waals surface area (Å²) in [6, 6.07) is 22.1. The molecule has 0 spiro atoms. The molecule has 0 amide bonds. The number of anilines is 1. The molecule has 3 heterocycles. The Labute approximate surface area is 197 Å². The third-order valence-electron chi connectivity index (χ3n) is 4.90. The summed E-state index contributed by atoms with van der Waals surface area (Å²) in [5, 5.41) is 12.5. The van der Waals surface area contributed by atoms with Gasteiger partial charge in [0.15, 0.2) is 0 Å². The van der Waals surface area contributed by atoms with Crippen LogP contribution in [0.1, 0.15) is 5.56 Å². The molecule has 0 bridgehead atoms. The standard InChI is InChI=1S/C23H18ClN5.2ClH/c24-17-8-4-7-16(11-17)19-14-27-29-22(19)20-13-26-23-18(20)9-10-21(28-23)25-12-15-5-2-1-3-6-15;;/h1-11,13-14H,12H2,(H,27,29)(H2,25,26,28);2*1H. The molecule has 0 saturated heterocycles. The molecule has 0 unspecified atom stereocenters. The van der Waals surface area contributed by atoms with Crippen LogP contribution < -0.4 is 5.32 Å². The van der Waals surface area contributed by atoms with Gasteiger partial charge in [-0.3, -0.25) is 5.10 Å². The van der Waals surface area contributed by atoms with Gasteiger partial charge in [0.1, 0.15) is 11.5 Å². The Bertz CT molecular complexity index is 1280. The van der Waals surface area contributed by atoms with Crippen molar-refractivity contribution in [3.05, 3.63) is 89.7 Å². The summed E-state index contributed by atoms with van der Waals surface area (Å²) in [5.41, 5.74) is 6.01. The minimum atomic E-state index is 0. The van der Waals surface area contributed by atoms with E-state index < -0.39 is 0 Å². The Balaban J connectivity index is 0.00000136. The fraction of sp³-hybridized carbons (Fsp3) is 0.0435. The summed E-state index contributed by atoms with van der Waals surface area (Å²) >= 11 is 6.17. The smallest absolute Gasteiger partial charge is 0.140 e. The molecule has 5 aromatic rings. The molecule has 8 heteroatoms. The summed E-state index contributed by atoms with van der Waals surface area (Å²) in [6.07, 6.45) is 3.78. The normalized spacial score (nSPS) is 10.4. The molecule has 0 atom stereocenters. The number of pyridine rings is 1. The predicted octanol–water partition coefficient (Wildman–Crippen LogP) is 6.73. The van der Waals surface area contributed by atoms with E-state index in [-0.39, 0.29) is 24.8 Å². The zero-order valence-corrected chi connectivity index (χ0v) is 18.7. The number of benzene rings is 2. The number of hydrogen-bond donors (Lipinski definition) is 3.